The second-order valence-electron chi connectivity index (χ2n) is 4.94. The summed E-state index contributed by atoms with van der Waals surface area (Å²) in [5.41, 5.74) is 0. The van der Waals surface area contributed by atoms with Crippen molar-refractivity contribution >= 4 is 33.5 Å². The summed E-state index contributed by atoms with van der Waals surface area (Å²) >= 11 is 5.49. The highest BCUT2D eigenvalue weighted by atomic mass is 79.9. The second-order valence-corrected chi connectivity index (χ2v) is 7.56. The summed E-state index contributed by atoms with van der Waals surface area (Å²) in [6, 6.07) is 2.01. The molecule has 1 aromatic heterocycles. The average molecular weight is 316 g/mol. The molecule has 1 saturated heterocycles. The molecular weight excluding hydrogens is 298 g/mol. The van der Waals surface area contributed by atoms with Gasteiger partial charge in [0.15, 0.2) is 0 Å². The zero-order valence-electron chi connectivity index (χ0n) is 10.5. The molecule has 0 radical (unpaired) electrons. The first kappa shape index (κ1) is 13.1. The Morgan fingerprint density at radius 3 is 2.82 bits per heavy atom. The zero-order valence-corrected chi connectivity index (χ0v) is 12.9. The van der Waals surface area contributed by atoms with Gasteiger partial charge in [-0.25, -0.2) is 9.97 Å². The summed E-state index contributed by atoms with van der Waals surface area (Å²) < 4.78 is 1.25. The van der Waals surface area contributed by atoms with Crippen molar-refractivity contribution in [2.75, 3.05) is 23.7 Å². The van der Waals surface area contributed by atoms with Crippen LogP contribution in [0.25, 0.3) is 0 Å². The molecular formula is C12H18BrN3S. The summed E-state index contributed by atoms with van der Waals surface area (Å²) in [6.45, 7) is 8.72. The molecule has 17 heavy (non-hydrogen) atoms. The number of halogens is 1. The van der Waals surface area contributed by atoms with Gasteiger partial charge in [0.25, 0.3) is 0 Å². The van der Waals surface area contributed by atoms with Crippen molar-refractivity contribution in [3.8, 4) is 0 Å². The molecule has 2 heterocycles. The minimum absolute atomic E-state index is 0.383. The molecule has 0 saturated carbocycles. The molecule has 94 valence electrons. The van der Waals surface area contributed by atoms with Crippen molar-refractivity contribution in [3.63, 3.8) is 0 Å². The van der Waals surface area contributed by atoms with Crippen LogP contribution in [0.5, 0.6) is 0 Å². The third-order valence-electron chi connectivity index (χ3n) is 2.95. The standard InChI is InChI=1S/C12H18BrN3S/c1-9-14-10(13)8-11(15-9)16-5-4-12(2,3)17-7-6-16/h8H,4-7H2,1-3H3. The molecule has 0 aromatic carbocycles. The molecule has 0 unspecified atom stereocenters. The van der Waals surface area contributed by atoms with Crippen molar-refractivity contribution in [1.82, 2.24) is 9.97 Å². The Labute approximate surface area is 116 Å². The number of thioether (sulfide) groups is 1. The molecule has 2 rings (SSSR count). The zero-order chi connectivity index (χ0) is 12.5. The Morgan fingerprint density at radius 2 is 2.12 bits per heavy atom. The molecule has 5 heteroatoms. The monoisotopic (exact) mass is 315 g/mol. The fourth-order valence-corrected chi connectivity index (χ4v) is 3.49. The van der Waals surface area contributed by atoms with Crippen molar-refractivity contribution in [2.45, 2.75) is 31.9 Å². The molecule has 0 N–H and O–H groups in total. The van der Waals surface area contributed by atoms with Crippen molar-refractivity contribution in [1.29, 1.82) is 0 Å². The first-order valence-electron chi connectivity index (χ1n) is 5.86. The third kappa shape index (κ3) is 3.58. The van der Waals surface area contributed by atoms with Crippen LogP contribution in [0.15, 0.2) is 10.7 Å². The molecule has 0 spiro atoms. The van der Waals surface area contributed by atoms with E-state index in [1.807, 2.05) is 13.0 Å². The van der Waals surface area contributed by atoms with Crippen LogP contribution in [0.4, 0.5) is 5.82 Å². The van der Waals surface area contributed by atoms with E-state index in [1.54, 1.807) is 0 Å². The number of nitrogens with zero attached hydrogens (tertiary/aromatic N) is 3. The van der Waals surface area contributed by atoms with E-state index in [4.69, 9.17) is 0 Å². The molecule has 1 aliphatic rings. The summed E-state index contributed by atoms with van der Waals surface area (Å²) in [5, 5.41) is 0. The number of aryl methyl sites for hydroxylation is 1. The quantitative estimate of drug-likeness (QED) is 0.744. The Balaban J connectivity index is 2.17. The van der Waals surface area contributed by atoms with Gasteiger partial charge < -0.3 is 4.90 Å². The molecule has 0 aliphatic carbocycles. The lowest BCUT2D eigenvalue weighted by Gasteiger charge is -2.23. The lowest BCUT2D eigenvalue weighted by atomic mass is 10.1. The predicted octanol–water partition coefficient (Wildman–Crippen LogP) is 3.27. The van der Waals surface area contributed by atoms with Gasteiger partial charge in [-0.05, 0) is 29.3 Å². The van der Waals surface area contributed by atoms with Crippen LogP contribution >= 0.6 is 27.7 Å². The molecule has 0 bridgehead atoms. The summed E-state index contributed by atoms with van der Waals surface area (Å²) in [6.07, 6.45) is 1.19. The van der Waals surface area contributed by atoms with Crippen LogP contribution in [0.3, 0.4) is 0 Å². The van der Waals surface area contributed by atoms with Crippen LogP contribution < -0.4 is 4.90 Å². The van der Waals surface area contributed by atoms with E-state index in [0.717, 1.165) is 35.1 Å². The maximum Gasteiger partial charge on any atom is 0.133 e. The predicted molar refractivity (Wildman–Crippen MR) is 77.8 cm³/mol. The topological polar surface area (TPSA) is 29.0 Å². The van der Waals surface area contributed by atoms with Crippen molar-refractivity contribution in [2.24, 2.45) is 0 Å². The fraction of sp³-hybridized carbons (Fsp3) is 0.667. The second kappa shape index (κ2) is 5.14. The Hall–Kier alpha value is -0.290. The fourth-order valence-electron chi connectivity index (χ4n) is 1.93. The largest absolute Gasteiger partial charge is 0.356 e. The van der Waals surface area contributed by atoms with Gasteiger partial charge in [-0.15, -0.1) is 0 Å². The third-order valence-corrected chi connectivity index (χ3v) is 4.73. The van der Waals surface area contributed by atoms with E-state index in [0.29, 0.717) is 4.75 Å². The number of rotatable bonds is 1. The Morgan fingerprint density at radius 1 is 1.35 bits per heavy atom. The van der Waals surface area contributed by atoms with Gasteiger partial charge >= 0.3 is 0 Å². The van der Waals surface area contributed by atoms with Crippen LogP contribution in [-0.4, -0.2) is 33.6 Å². The van der Waals surface area contributed by atoms with E-state index in [1.165, 1.54) is 6.42 Å². The van der Waals surface area contributed by atoms with E-state index < -0.39 is 0 Å². The molecule has 1 aromatic rings. The van der Waals surface area contributed by atoms with E-state index in [-0.39, 0.29) is 0 Å². The van der Waals surface area contributed by atoms with Crippen LogP contribution in [0, 0.1) is 6.92 Å². The summed E-state index contributed by atoms with van der Waals surface area (Å²) in [5.74, 6) is 3.03. The Kier molecular flexibility index (Phi) is 3.98. The molecule has 1 fully saturated rings. The van der Waals surface area contributed by atoms with Gasteiger partial charge in [0.05, 0.1) is 0 Å². The number of hydrogen-bond acceptors (Lipinski definition) is 4. The first-order valence-corrected chi connectivity index (χ1v) is 7.64. The van der Waals surface area contributed by atoms with Crippen LogP contribution in [0.2, 0.25) is 0 Å². The van der Waals surface area contributed by atoms with Crippen molar-refractivity contribution in [3.05, 3.63) is 16.5 Å². The Bertz CT molecular complexity index is 388. The summed E-state index contributed by atoms with van der Waals surface area (Å²) in [7, 11) is 0. The van der Waals surface area contributed by atoms with Gasteiger partial charge in [0, 0.05) is 29.7 Å². The average Bonchev–Trinajstić information content (AvgIpc) is 2.38. The highest BCUT2D eigenvalue weighted by Crippen LogP contribution is 2.32. The van der Waals surface area contributed by atoms with Crippen molar-refractivity contribution < 1.29 is 0 Å². The number of aromatic nitrogens is 2. The van der Waals surface area contributed by atoms with Gasteiger partial charge in [-0.3, -0.25) is 0 Å². The number of anilines is 1. The lowest BCUT2D eigenvalue weighted by Crippen LogP contribution is -2.28. The van der Waals surface area contributed by atoms with E-state index in [9.17, 15) is 0 Å². The van der Waals surface area contributed by atoms with Gasteiger partial charge in [-0.1, -0.05) is 13.8 Å². The van der Waals surface area contributed by atoms with E-state index in [2.05, 4.69) is 56.4 Å². The molecule has 1 aliphatic heterocycles. The maximum atomic E-state index is 4.52. The number of hydrogen-bond donors (Lipinski definition) is 0. The van der Waals surface area contributed by atoms with E-state index >= 15 is 0 Å². The highest BCUT2D eigenvalue weighted by Gasteiger charge is 2.24. The lowest BCUT2D eigenvalue weighted by molar-refractivity contribution is 0.634. The normalized spacial score (nSPS) is 20.1. The maximum absolute atomic E-state index is 4.52. The minimum Gasteiger partial charge on any atom is -0.356 e. The highest BCUT2D eigenvalue weighted by molar-refractivity contribution is 9.10. The molecule has 3 nitrogen and oxygen atoms in total. The minimum atomic E-state index is 0.383. The molecule has 0 amide bonds. The smallest absolute Gasteiger partial charge is 0.133 e. The summed E-state index contributed by atoms with van der Waals surface area (Å²) in [4.78, 5) is 11.1. The van der Waals surface area contributed by atoms with Crippen LogP contribution in [0.1, 0.15) is 26.1 Å². The van der Waals surface area contributed by atoms with Crippen LogP contribution in [-0.2, 0) is 0 Å². The van der Waals surface area contributed by atoms with Gasteiger partial charge in [-0.2, -0.15) is 11.8 Å². The van der Waals surface area contributed by atoms with Gasteiger partial charge in [0.1, 0.15) is 16.2 Å². The SMILES string of the molecule is Cc1nc(Br)cc(N2CCSC(C)(C)CC2)n1. The molecule has 0 atom stereocenters. The first-order chi connectivity index (χ1) is 7.96. The van der Waals surface area contributed by atoms with Gasteiger partial charge in [0.2, 0.25) is 0 Å².